The lowest BCUT2D eigenvalue weighted by Crippen LogP contribution is -2.50. The molecule has 3 aliphatic rings. The van der Waals surface area contributed by atoms with Crippen LogP contribution in [0.3, 0.4) is 0 Å². The Bertz CT molecular complexity index is 273. The van der Waals surface area contributed by atoms with Gasteiger partial charge >= 0.3 is 0 Å². The molecule has 19 heavy (non-hydrogen) atoms. The molecule has 3 saturated heterocycles. The van der Waals surface area contributed by atoms with Crippen molar-refractivity contribution in [2.24, 2.45) is 0 Å². The van der Waals surface area contributed by atoms with Gasteiger partial charge in [-0.1, -0.05) is 18.2 Å². The minimum atomic E-state index is 0.938. The molecule has 0 aliphatic carbocycles. The van der Waals surface area contributed by atoms with E-state index in [0.29, 0.717) is 0 Å². The van der Waals surface area contributed by atoms with Gasteiger partial charge in [0.05, 0.1) is 24.9 Å². The molecule has 0 bridgehead atoms. The zero-order valence-electron chi connectivity index (χ0n) is 12.2. The third-order valence-corrected chi connectivity index (χ3v) is 7.85. The van der Waals surface area contributed by atoms with E-state index in [1.807, 2.05) is 0 Å². The summed E-state index contributed by atoms with van der Waals surface area (Å²) < 4.78 is 1.46. The van der Waals surface area contributed by atoms with Gasteiger partial charge in [-0.15, -0.1) is 11.8 Å². The summed E-state index contributed by atoms with van der Waals surface area (Å²) in [4.78, 5) is 2.67. The molecule has 0 aromatic heterocycles. The molecule has 0 aromatic rings. The van der Waals surface area contributed by atoms with Crippen molar-refractivity contribution in [2.45, 2.75) is 43.8 Å². The molecule has 1 spiro atoms. The molecule has 4 heteroatoms. The van der Waals surface area contributed by atoms with Gasteiger partial charge in [-0.2, -0.15) is 0 Å². The van der Waals surface area contributed by atoms with Crippen molar-refractivity contribution in [3.05, 3.63) is 0 Å². The molecule has 2 nitrogen and oxygen atoms in total. The first-order valence-corrected chi connectivity index (χ1v) is 10.3. The summed E-state index contributed by atoms with van der Waals surface area (Å²) in [6.45, 7) is 7.12. The van der Waals surface area contributed by atoms with Crippen molar-refractivity contribution in [3.8, 4) is 0 Å². The van der Waals surface area contributed by atoms with E-state index in [4.69, 9.17) is 0 Å². The molecule has 0 saturated carbocycles. The summed E-state index contributed by atoms with van der Waals surface area (Å²) >= 11 is 4.47. The van der Waals surface area contributed by atoms with E-state index in [1.54, 1.807) is 0 Å². The Hall–Kier alpha value is 0.620. The number of hydrogen-bond donors (Lipinski definition) is 0. The predicted molar refractivity (Wildman–Crippen MR) is 87.7 cm³/mol. The molecule has 0 amide bonds. The summed E-state index contributed by atoms with van der Waals surface area (Å²) in [5.41, 5.74) is 0. The number of quaternary nitrogens is 1. The predicted octanol–water partition coefficient (Wildman–Crippen LogP) is 3.24. The monoisotopic (exact) mass is 301 g/mol. The van der Waals surface area contributed by atoms with Gasteiger partial charge in [0.25, 0.3) is 0 Å². The Morgan fingerprint density at radius 3 is 2.53 bits per heavy atom. The van der Waals surface area contributed by atoms with E-state index in [0.717, 1.165) is 5.25 Å². The van der Waals surface area contributed by atoms with E-state index in [1.165, 1.54) is 93.2 Å². The standard InChI is InChI=1S/C15H29N2S2/c1-3-7-16(8-4-1)13-18-12-15-11-17(14-19-15)9-5-2-6-10-17/h15H,1-14H2/q+1. The fourth-order valence-corrected chi connectivity index (χ4v) is 6.77. The van der Waals surface area contributed by atoms with E-state index in [9.17, 15) is 0 Å². The van der Waals surface area contributed by atoms with Crippen LogP contribution in [0, 0.1) is 0 Å². The van der Waals surface area contributed by atoms with Gasteiger partial charge in [0.15, 0.2) is 0 Å². The molecule has 1 unspecified atom stereocenters. The van der Waals surface area contributed by atoms with Crippen LogP contribution in [0.25, 0.3) is 0 Å². The molecular weight excluding hydrogens is 272 g/mol. The third-order valence-electron chi connectivity index (χ3n) is 4.97. The topological polar surface area (TPSA) is 3.24 Å². The van der Waals surface area contributed by atoms with Crippen molar-refractivity contribution in [2.75, 3.05) is 50.2 Å². The van der Waals surface area contributed by atoms with Crippen molar-refractivity contribution in [1.29, 1.82) is 0 Å². The van der Waals surface area contributed by atoms with Crippen molar-refractivity contribution < 1.29 is 4.48 Å². The number of nitrogens with zero attached hydrogens (tertiary/aromatic N) is 2. The molecule has 3 rings (SSSR count). The van der Waals surface area contributed by atoms with Crippen molar-refractivity contribution in [3.63, 3.8) is 0 Å². The second-order valence-corrected chi connectivity index (χ2v) is 8.89. The van der Waals surface area contributed by atoms with Crippen molar-refractivity contribution in [1.82, 2.24) is 4.90 Å². The lowest BCUT2D eigenvalue weighted by molar-refractivity contribution is -0.915. The van der Waals surface area contributed by atoms with Crippen LogP contribution in [0.5, 0.6) is 0 Å². The molecule has 0 radical (unpaired) electrons. The maximum absolute atomic E-state index is 2.67. The molecule has 3 fully saturated rings. The van der Waals surface area contributed by atoms with Crippen LogP contribution >= 0.6 is 23.5 Å². The fraction of sp³-hybridized carbons (Fsp3) is 1.00. The smallest absolute Gasteiger partial charge is 0.126 e. The minimum Gasteiger partial charge on any atom is -0.314 e. The molecular formula is C15H29N2S2+. The van der Waals surface area contributed by atoms with E-state index >= 15 is 0 Å². The van der Waals surface area contributed by atoms with Gasteiger partial charge < -0.3 is 4.48 Å². The lowest BCUT2D eigenvalue weighted by Gasteiger charge is -2.37. The van der Waals surface area contributed by atoms with Gasteiger partial charge in [-0.3, -0.25) is 4.90 Å². The SMILES string of the molecule is C1CCN(CSCC2C[N+]3(CCCCC3)CS2)CC1. The van der Waals surface area contributed by atoms with E-state index < -0.39 is 0 Å². The first-order chi connectivity index (χ1) is 9.36. The fourth-order valence-electron chi connectivity index (χ4n) is 3.80. The quantitative estimate of drug-likeness (QED) is 0.734. The van der Waals surface area contributed by atoms with Crippen LogP contribution in [0.2, 0.25) is 0 Å². The summed E-state index contributed by atoms with van der Waals surface area (Å²) in [7, 11) is 0. The largest absolute Gasteiger partial charge is 0.314 e. The van der Waals surface area contributed by atoms with Gasteiger partial charge in [0.1, 0.15) is 5.88 Å². The van der Waals surface area contributed by atoms with E-state index in [-0.39, 0.29) is 0 Å². The molecule has 0 N–H and O–H groups in total. The van der Waals surface area contributed by atoms with Crippen LogP contribution < -0.4 is 0 Å². The highest BCUT2D eigenvalue weighted by Gasteiger charge is 2.39. The first kappa shape index (κ1) is 14.6. The Balaban J connectivity index is 1.35. The highest BCUT2D eigenvalue weighted by atomic mass is 32.2. The van der Waals surface area contributed by atoms with Gasteiger partial charge in [0, 0.05) is 11.6 Å². The van der Waals surface area contributed by atoms with Gasteiger partial charge in [0.2, 0.25) is 0 Å². The number of rotatable bonds is 4. The van der Waals surface area contributed by atoms with Crippen LogP contribution in [0.4, 0.5) is 0 Å². The molecule has 3 aliphatic heterocycles. The van der Waals surface area contributed by atoms with E-state index in [2.05, 4.69) is 28.4 Å². The second-order valence-electron chi connectivity index (χ2n) is 6.63. The Labute approximate surface area is 127 Å². The molecule has 3 heterocycles. The molecule has 1 atom stereocenters. The van der Waals surface area contributed by atoms with Crippen LogP contribution in [-0.2, 0) is 0 Å². The Kier molecular flexibility index (Phi) is 5.41. The van der Waals surface area contributed by atoms with Gasteiger partial charge in [-0.25, -0.2) is 0 Å². The van der Waals surface area contributed by atoms with Crippen LogP contribution in [0.1, 0.15) is 38.5 Å². The maximum atomic E-state index is 2.67. The number of thioether (sulfide) groups is 2. The minimum absolute atomic E-state index is 0.938. The first-order valence-electron chi connectivity index (χ1n) is 8.13. The second kappa shape index (κ2) is 7.06. The number of piperidine rings is 2. The zero-order valence-corrected chi connectivity index (χ0v) is 13.8. The Morgan fingerprint density at radius 2 is 1.74 bits per heavy atom. The zero-order chi connectivity index (χ0) is 13.0. The lowest BCUT2D eigenvalue weighted by atomic mass is 10.1. The average Bonchev–Trinajstić information content (AvgIpc) is 2.84. The summed E-state index contributed by atoms with van der Waals surface area (Å²) in [6, 6.07) is 0. The Morgan fingerprint density at radius 1 is 1.00 bits per heavy atom. The number of likely N-dealkylation sites (tertiary alicyclic amines) is 1. The highest BCUT2D eigenvalue weighted by molar-refractivity contribution is 8.03. The molecule has 110 valence electrons. The van der Waals surface area contributed by atoms with Crippen molar-refractivity contribution >= 4 is 23.5 Å². The maximum Gasteiger partial charge on any atom is 0.126 e. The normalized spacial score (nSPS) is 31.9. The summed E-state index contributed by atoms with van der Waals surface area (Å²) in [5, 5.41) is 0.938. The van der Waals surface area contributed by atoms with Crippen LogP contribution in [0.15, 0.2) is 0 Å². The third kappa shape index (κ3) is 4.05. The summed E-state index contributed by atoms with van der Waals surface area (Å²) in [5.74, 6) is 4.09. The van der Waals surface area contributed by atoms with Gasteiger partial charge in [-0.05, 0) is 45.2 Å². The average molecular weight is 302 g/mol. The van der Waals surface area contributed by atoms with Crippen LogP contribution in [-0.4, -0.2) is 64.9 Å². The number of hydrogen-bond acceptors (Lipinski definition) is 3. The highest BCUT2D eigenvalue weighted by Crippen LogP contribution is 2.35. The summed E-state index contributed by atoms with van der Waals surface area (Å²) in [6.07, 6.45) is 8.76. The molecule has 0 aromatic carbocycles.